The molecule has 6 rings (SSSR count). The molecule has 3 aromatic rings. The number of carbonyl (C=O) groups is 2. The van der Waals surface area contributed by atoms with Crippen molar-refractivity contribution in [2.24, 2.45) is 0 Å². The standard InChI is InChI=1S/C32H38N6O7S/c1-4-22-27(36-9-11-37(12-10-36)31(42)25-28(40)21-8-16-45-23(21)17-33-25)29(41)26-32(46-30(35-26)20-6-14-44-15-7-20)38(22)18-24(39)34-19(2)5-13-43-3/h6,17,40H,2,4-5,7-16,18H2,1,3H3,(H,34,39). The Hall–Kier alpha value is -4.27. The van der Waals surface area contributed by atoms with Crippen LogP contribution in [0.4, 0.5) is 5.69 Å². The fourth-order valence-corrected chi connectivity index (χ4v) is 7.26. The van der Waals surface area contributed by atoms with Gasteiger partial charge >= 0.3 is 0 Å². The Morgan fingerprint density at radius 3 is 2.72 bits per heavy atom. The molecule has 2 N–H and O–H groups in total. The number of nitrogens with one attached hydrogen (secondary N) is 1. The third kappa shape index (κ3) is 6.11. The van der Waals surface area contributed by atoms with Crippen molar-refractivity contribution in [3.63, 3.8) is 0 Å². The summed E-state index contributed by atoms with van der Waals surface area (Å²) < 4.78 is 17.9. The largest absolute Gasteiger partial charge is 0.505 e. The Balaban J connectivity index is 1.31. The van der Waals surface area contributed by atoms with Gasteiger partial charge < -0.3 is 39.0 Å². The summed E-state index contributed by atoms with van der Waals surface area (Å²) >= 11 is 1.41. The van der Waals surface area contributed by atoms with Crippen LogP contribution in [-0.4, -0.2) is 96.1 Å². The molecule has 13 nitrogen and oxygen atoms in total. The van der Waals surface area contributed by atoms with Crippen molar-refractivity contribution in [3.8, 4) is 11.5 Å². The lowest BCUT2D eigenvalue weighted by atomic mass is 10.1. The Kier molecular flexibility index (Phi) is 9.38. The second kappa shape index (κ2) is 13.6. The minimum atomic E-state index is -0.366. The maximum atomic E-state index is 14.2. The van der Waals surface area contributed by atoms with E-state index in [1.807, 2.05) is 22.5 Å². The highest BCUT2D eigenvalue weighted by Crippen LogP contribution is 2.35. The van der Waals surface area contributed by atoms with Crippen molar-refractivity contribution in [3.05, 3.63) is 56.7 Å². The molecule has 46 heavy (non-hydrogen) atoms. The van der Waals surface area contributed by atoms with Crippen LogP contribution in [0.5, 0.6) is 11.5 Å². The first-order chi connectivity index (χ1) is 22.3. The highest BCUT2D eigenvalue weighted by molar-refractivity contribution is 7.19. The number of carbonyl (C=O) groups excluding carboxylic acids is 2. The number of nitrogens with zero attached hydrogens (tertiary/aromatic N) is 5. The van der Waals surface area contributed by atoms with Crippen LogP contribution in [0.2, 0.25) is 0 Å². The van der Waals surface area contributed by atoms with Gasteiger partial charge in [-0.2, -0.15) is 0 Å². The monoisotopic (exact) mass is 650 g/mol. The molecular weight excluding hydrogens is 612 g/mol. The van der Waals surface area contributed by atoms with Gasteiger partial charge in [-0.15, -0.1) is 0 Å². The van der Waals surface area contributed by atoms with Gasteiger partial charge in [-0.3, -0.25) is 14.4 Å². The third-order valence-corrected chi connectivity index (χ3v) is 9.65. The number of hydrogen-bond acceptors (Lipinski definition) is 11. The van der Waals surface area contributed by atoms with Crippen molar-refractivity contribution in [2.75, 3.05) is 64.6 Å². The van der Waals surface area contributed by atoms with Crippen LogP contribution >= 0.6 is 11.3 Å². The van der Waals surface area contributed by atoms with Gasteiger partial charge in [0.25, 0.3) is 5.91 Å². The van der Waals surface area contributed by atoms with Gasteiger partial charge in [0.2, 0.25) is 11.3 Å². The van der Waals surface area contributed by atoms with Crippen molar-refractivity contribution in [1.82, 2.24) is 24.8 Å². The molecule has 1 fully saturated rings. The Bertz CT molecular complexity index is 1770. The van der Waals surface area contributed by atoms with E-state index in [4.69, 9.17) is 19.2 Å². The Morgan fingerprint density at radius 1 is 1.20 bits per heavy atom. The maximum Gasteiger partial charge on any atom is 0.276 e. The smallest absolute Gasteiger partial charge is 0.276 e. The van der Waals surface area contributed by atoms with Crippen LogP contribution in [0, 0.1) is 0 Å². The summed E-state index contributed by atoms with van der Waals surface area (Å²) in [6.07, 6.45) is 5.67. The molecule has 0 aliphatic carbocycles. The summed E-state index contributed by atoms with van der Waals surface area (Å²) in [5.74, 6) is -0.251. The second-order valence-electron chi connectivity index (χ2n) is 11.4. The number of anilines is 1. The van der Waals surface area contributed by atoms with Crippen molar-refractivity contribution in [2.45, 2.75) is 39.2 Å². The predicted molar refractivity (Wildman–Crippen MR) is 174 cm³/mol. The lowest BCUT2D eigenvalue weighted by molar-refractivity contribution is -0.121. The number of ether oxygens (including phenoxy) is 3. The van der Waals surface area contributed by atoms with E-state index in [-0.39, 0.29) is 35.2 Å². The minimum absolute atomic E-state index is 0.00578. The summed E-state index contributed by atoms with van der Waals surface area (Å²) in [5.41, 5.74) is 3.52. The normalized spacial score (nSPS) is 16.3. The van der Waals surface area contributed by atoms with E-state index >= 15 is 0 Å². The van der Waals surface area contributed by atoms with Gasteiger partial charge in [0.05, 0.1) is 32.6 Å². The van der Waals surface area contributed by atoms with Crippen molar-refractivity contribution < 1.29 is 28.9 Å². The van der Waals surface area contributed by atoms with Crippen LogP contribution in [-0.2, 0) is 33.7 Å². The molecule has 2 amide bonds. The Labute approximate surface area is 270 Å². The van der Waals surface area contributed by atoms with E-state index in [0.29, 0.717) is 111 Å². The van der Waals surface area contributed by atoms with Crippen LogP contribution in [0.1, 0.15) is 46.5 Å². The number of methoxy groups -OCH3 is 1. The van der Waals surface area contributed by atoms with Crippen molar-refractivity contribution in [1.29, 1.82) is 0 Å². The van der Waals surface area contributed by atoms with Crippen LogP contribution in [0.3, 0.4) is 0 Å². The van der Waals surface area contributed by atoms with Gasteiger partial charge in [0.15, 0.2) is 11.4 Å². The molecule has 0 radical (unpaired) electrons. The van der Waals surface area contributed by atoms with Gasteiger partial charge in [-0.1, -0.05) is 30.9 Å². The highest BCUT2D eigenvalue weighted by atomic mass is 32.1. The zero-order chi connectivity index (χ0) is 32.4. The number of hydrogen-bond donors (Lipinski definition) is 2. The molecule has 0 atom stereocenters. The summed E-state index contributed by atoms with van der Waals surface area (Å²) in [6, 6.07) is 0. The van der Waals surface area contributed by atoms with Gasteiger partial charge in [0.1, 0.15) is 33.3 Å². The topological polar surface area (TPSA) is 148 Å². The lowest BCUT2D eigenvalue weighted by Crippen LogP contribution is -2.50. The van der Waals surface area contributed by atoms with E-state index < -0.39 is 0 Å². The summed E-state index contributed by atoms with van der Waals surface area (Å²) in [5, 5.41) is 14.4. The second-order valence-corrected chi connectivity index (χ2v) is 12.3. The van der Waals surface area contributed by atoms with E-state index in [0.717, 1.165) is 16.3 Å². The molecule has 6 heterocycles. The highest BCUT2D eigenvalue weighted by Gasteiger charge is 2.32. The number of thiazole rings is 1. The van der Waals surface area contributed by atoms with E-state index in [2.05, 4.69) is 16.9 Å². The van der Waals surface area contributed by atoms with E-state index in [9.17, 15) is 19.5 Å². The molecule has 3 aliphatic heterocycles. The Morgan fingerprint density at radius 2 is 2.00 bits per heavy atom. The van der Waals surface area contributed by atoms with Crippen LogP contribution < -0.4 is 20.4 Å². The molecular formula is C32H38N6O7S. The molecule has 14 heteroatoms. The first-order valence-electron chi connectivity index (χ1n) is 15.5. The fraction of sp³-hybridized carbons (Fsp3) is 0.469. The molecule has 1 saturated heterocycles. The zero-order valence-electron chi connectivity index (χ0n) is 26.1. The summed E-state index contributed by atoms with van der Waals surface area (Å²) in [4.78, 5) is 54.2. The molecule has 0 saturated carbocycles. The van der Waals surface area contributed by atoms with Gasteiger partial charge in [-0.25, -0.2) is 9.97 Å². The number of amides is 2. The maximum absolute atomic E-state index is 14.2. The van der Waals surface area contributed by atoms with Crippen LogP contribution in [0.25, 0.3) is 15.9 Å². The van der Waals surface area contributed by atoms with E-state index in [1.54, 1.807) is 12.0 Å². The number of pyridine rings is 2. The average Bonchev–Trinajstić information content (AvgIpc) is 3.74. The SMILES string of the molecule is C=C(CCOC)NC(=O)Cn1c(CC)c(N2CCN(C(=O)c3ncc4c(c3O)CCO4)CC2)c(=O)c2nc(C3=CCOCC3)sc21. The lowest BCUT2D eigenvalue weighted by Gasteiger charge is -2.37. The number of aromatic nitrogens is 3. The summed E-state index contributed by atoms with van der Waals surface area (Å²) in [6.45, 7) is 9.25. The van der Waals surface area contributed by atoms with Gasteiger partial charge in [0, 0.05) is 63.1 Å². The van der Waals surface area contributed by atoms with Gasteiger partial charge in [-0.05, 0) is 18.4 Å². The molecule has 3 aliphatic rings. The minimum Gasteiger partial charge on any atom is -0.505 e. The predicted octanol–water partition coefficient (Wildman–Crippen LogP) is 2.49. The molecule has 0 aromatic carbocycles. The zero-order valence-corrected chi connectivity index (χ0v) is 26.9. The average molecular weight is 651 g/mol. The van der Waals surface area contributed by atoms with E-state index in [1.165, 1.54) is 17.5 Å². The first-order valence-corrected chi connectivity index (χ1v) is 16.3. The molecule has 0 spiro atoms. The van der Waals surface area contributed by atoms with Crippen molar-refractivity contribution >= 4 is 44.8 Å². The number of rotatable bonds is 10. The number of aromatic hydroxyl groups is 1. The summed E-state index contributed by atoms with van der Waals surface area (Å²) in [7, 11) is 1.59. The third-order valence-electron chi connectivity index (χ3n) is 8.50. The number of piperazine rings is 1. The molecule has 3 aromatic heterocycles. The molecule has 0 bridgehead atoms. The first kappa shape index (κ1) is 31.7. The molecule has 0 unspecified atom stereocenters. The van der Waals surface area contributed by atoms with Crippen LogP contribution in [0.15, 0.2) is 29.3 Å². The molecule has 244 valence electrons. The number of fused-ring (bicyclic) bond motifs is 2. The quantitative estimate of drug-likeness (QED) is 0.335. The fourth-order valence-electron chi connectivity index (χ4n) is 6.11.